The molecular formula is C19H23ClN2O4. The highest BCUT2D eigenvalue weighted by atomic mass is 35.5. The van der Waals surface area contributed by atoms with Gasteiger partial charge in [0, 0.05) is 31.6 Å². The van der Waals surface area contributed by atoms with E-state index in [1.807, 2.05) is 19.1 Å². The normalized spacial score (nSPS) is 29.1. The van der Waals surface area contributed by atoms with E-state index in [4.69, 9.17) is 11.6 Å². The van der Waals surface area contributed by atoms with Gasteiger partial charge >= 0.3 is 5.97 Å². The van der Waals surface area contributed by atoms with Crippen molar-refractivity contribution in [1.29, 1.82) is 0 Å². The molecule has 0 aliphatic carbocycles. The van der Waals surface area contributed by atoms with Gasteiger partial charge in [-0.05, 0) is 30.0 Å². The van der Waals surface area contributed by atoms with Crippen molar-refractivity contribution in [3.05, 3.63) is 34.9 Å². The highest BCUT2D eigenvalue weighted by molar-refractivity contribution is 6.30. The summed E-state index contributed by atoms with van der Waals surface area (Å²) in [6.07, 6.45) is 0.611. The molecule has 0 bridgehead atoms. The van der Waals surface area contributed by atoms with Crippen molar-refractivity contribution in [3.63, 3.8) is 0 Å². The maximum atomic E-state index is 13.1. The van der Waals surface area contributed by atoms with Crippen LogP contribution >= 0.6 is 11.6 Å². The number of rotatable bonds is 3. The summed E-state index contributed by atoms with van der Waals surface area (Å²) in [5.74, 6) is -1.96. The lowest BCUT2D eigenvalue weighted by Crippen LogP contribution is -2.47. The summed E-state index contributed by atoms with van der Waals surface area (Å²) in [7, 11) is 1.71. The lowest BCUT2D eigenvalue weighted by molar-refractivity contribution is -0.149. The molecule has 4 atom stereocenters. The number of carboxylic acids is 1. The van der Waals surface area contributed by atoms with E-state index in [-0.39, 0.29) is 30.2 Å². The molecule has 0 saturated carbocycles. The van der Waals surface area contributed by atoms with Gasteiger partial charge in [0.2, 0.25) is 11.8 Å². The average Bonchev–Trinajstić information content (AvgIpc) is 2.89. The van der Waals surface area contributed by atoms with Crippen LogP contribution in [0.5, 0.6) is 0 Å². The fourth-order valence-electron chi connectivity index (χ4n) is 4.18. The third-order valence-electron chi connectivity index (χ3n) is 5.63. The monoisotopic (exact) mass is 378 g/mol. The molecule has 2 amide bonds. The molecule has 2 fully saturated rings. The first-order valence-electron chi connectivity index (χ1n) is 8.82. The Kier molecular flexibility index (Phi) is 5.23. The van der Waals surface area contributed by atoms with Gasteiger partial charge in [0.05, 0.1) is 17.9 Å². The van der Waals surface area contributed by atoms with E-state index in [1.165, 1.54) is 0 Å². The predicted octanol–water partition coefficient (Wildman–Crippen LogP) is 2.43. The molecule has 2 aliphatic rings. The van der Waals surface area contributed by atoms with Crippen LogP contribution in [0.1, 0.15) is 31.4 Å². The van der Waals surface area contributed by atoms with Crippen LogP contribution in [0.25, 0.3) is 0 Å². The molecule has 2 aliphatic heterocycles. The summed E-state index contributed by atoms with van der Waals surface area (Å²) in [5.41, 5.74) is 0.845. The van der Waals surface area contributed by atoms with Crippen molar-refractivity contribution in [2.75, 3.05) is 20.1 Å². The number of nitrogens with zero attached hydrogens (tertiary/aromatic N) is 2. The first-order chi connectivity index (χ1) is 12.3. The largest absolute Gasteiger partial charge is 0.481 e. The number of carbonyl (C=O) groups excluding carboxylic acids is 2. The maximum absolute atomic E-state index is 13.1. The third-order valence-corrected chi connectivity index (χ3v) is 5.86. The molecule has 26 heavy (non-hydrogen) atoms. The highest BCUT2D eigenvalue weighted by Gasteiger charge is 2.45. The molecule has 140 valence electrons. The number of aliphatic carboxylic acids is 1. The predicted molar refractivity (Wildman–Crippen MR) is 96.6 cm³/mol. The van der Waals surface area contributed by atoms with E-state index < -0.39 is 17.8 Å². The minimum Gasteiger partial charge on any atom is -0.481 e. The minimum absolute atomic E-state index is 0.0678. The van der Waals surface area contributed by atoms with Gasteiger partial charge in [0.25, 0.3) is 0 Å². The number of carboxylic acid groups (broad SMARTS) is 1. The second kappa shape index (κ2) is 7.27. The molecule has 0 radical (unpaired) electrons. The molecule has 0 spiro atoms. The SMILES string of the molecule is CC1CN(C(=O)C2CC(=O)N(C)C2c2cccc(Cl)c2)CCC1C(=O)O. The Bertz CT molecular complexity index is 738. The van der Waals surface area contributed by atoms with Crippen molar-refractivity contribution < 1.29 is 19.5 Å². The van der Waals surface area contributed by atoms with Crippen LogP contribution in [-0.4, -0.2) is 52.8 Å². The van der Waals surface area contributed by atoms with Gasteiger partial charge in [0.1, 0.15) is 0 Å². The smallest absolute Gasteiger partial charge is 0.306 e. The van der Waals surface area contributed by atoms with Crippen LogP contribution in [0.4, 0.5) is 0 Å². The molecule has 2 saturated heterocycles. The van der Waals surface area contributed by atoms with Crippen LogP contribution in [0, 0.1) is 17.8 Å². The van der Waals surface area contributed by atoms with Crippen LogP contribution in [-0.2, 0) is 14.4 Å². The Morgan fingerprint density at radius 3 is 2.62 bits per heavy atom. The number of hydrogen-bond donors (Lipinski definition) is 1. The third kappa shape index (κ3) is 3.43. The number of halogens is 1. The number of amides is 2. The first kappa shape index (κ1) is 18.7. The molecule has 2 heterocycles. The van der Waals surface area contributed by atoms with Crippen molar-refractivity contribution in [3.8, 4) is 0 Å². The summed E-state index contributed by atoms with van der Waals surface area (Å²) in [6, 6.07) is 6.90. The zero-order valence-electron chi connectivity index (χ0n) is 14.9. The highest BCUT2D eigenvalue weighted by Crippen LogP contribution is 2.39. The Labute approximate surface area is 157 Å². The molecule has 0 aromatic heterocycles. The van der Waals surface area contributed by atoms with Gasteiger partial charge in [-0.25, -0.2) is 0 Å². The van der Waals surface area contributed by atoms with E-state index in [0.717, 1.165) is 5.56 Å². The Hall–Kier alpha value is -2.08. The van der Waals surface area contributed by atoms with Crippen LogP contribution in [0.2, 0.25) is 5.02 Å². The lowest BCUT2D eigenvalue weighted by atomic mass is 9.85. The second-order valence-corrected chi connectivity index (χ2v) is 7.75. The minimum atomic E-state index is -0.808. The van der Waals surface area contributed by atoms with Crippen molar-refractivity contribution in [2.45, 2.75) is 25.8 Å². The summed E-state index contributed by atoms with van der Waals surface area (Å²) in [5, 5.41) is 9.83. The Balaban J connectivity index is 1.81. The van der Waals surface area contributed by atoms with Gasteiger partial charge in [-0.3, -0.25) is 14.4 Å². The van der Waals surface area contributed by atoms with Gasteiger partial charge in [-0.2, -0.15) is 0 Å². The molecule has 1 aromatic carbocycles. The van der Waals surface area contributed by atoms with Crippen LogP contribution in [0.3, 0.4) is 0 Å². The van der Waals surface area contributed by atoms with Crippen molar-refractivity contribution in [2.24, 2.45) is 17.8 Å². The van der Waals surface area contributed by atoms with E-state index in [9.17, 15) is 19.5 Å². The van der Waals surface area contributed by atoms with Gasteiger partial charge in [-0.1, -0.05) is 30.7 Å². The number of carbonyl (C=O) groups is 3. The summed E-state index contributed by atoms with van der Waals surface area (Å²) < 4.78 is 0. The van der Waals surface area contributed by atoms with Crippen molar-refractivity contribution >= 4 is 29.4 Å². The summed E-state index contributed by atoms with van der Waals surface area (Å²) in [6.45, 7) is 2.68. The molecule has 1 aromatic rings. The average molecular weight is 379 g/mol. The van der Waals surface area contributed by atoms with Crippen molar-refractivity contribution in [1.82, 2.24) is 9.80 Å². The summed E-state index contributed by atoms with van der Waals surface area (Å²) in [4.78, 5) is 40.1. The maximum Gasteiger partial charge on any atom is 0.306 e. The summed E-state index contributed by atoms with van der Waals surface area (Å²) >= 11 is 6.09. The zero-order chi connectivity index (χ0) is 19.0. The van der Waals surface area contributed by atoms with E-state index in [0.29, 0.717) is 24.5 Å². The number of hydrogen-bond acceptors (Lipinski definition) is 3. The quantitative estimate of drug-likeness (QED) is 0.876. The number of benzene rings is 1. The molecule has 4 unspecified atom stereocenters. The lowest BCUT2D eigenvalue weighted by Gasteiger charge is -2.37. The molecule has 3 rings (SSSR count). The van der Waals surface area contributed by atoms with Crippen LogP contribution < -0.4 is 0 Å². The van der Waals surface area contributed by atoms with Crippen LogP contribution in [0.15, 0.2) is 24.3 Å². The standard InChI is InChI=1S/C19H23ClN2O4/c1-11-10-22(7-6-14(11)19(25)26)18(24)15-9-16(23)21(2)17(15)12-4-3-5-13(20)8-12/h3-5,8,11,14-15,17H,6-7,9-10H2,1-2H3,(H,25,26). The molecular weight excluding hydrogens is 356 g/mol. The van der Waals surface area contributed by atoms with Gasteiger partial charge in [0.15, 0.2) is 0 Å². The fraction of sp³-hybridized carbons (Fsp3) is 0.526. The van der Waals surface area contributed by atoms with E-state index in [1.54, 1.807) is 29.0 Å². The van der Waals surface area contributed by atoms with Gasteiger partial charge in [-0.15, -0.1) is 0 Å². The molecule has 6 nitrogen and oxygen atoms in total. The van der Waals surface area contributed by atoms with E-state index >= 15 is 0 Å². The topological polar surface area (TPSA) is 77.9 Å². The first-order valence-corrected chi connectivity index (χ1v) is 9.20. The number of likely N-dealkylation sites (tertiary alicyclic amines) is 2. The zero-order valence-corrected chi connectivity index (χ0v) is 15.6. The molecule has 1 N–H and O–H groups in total. The van der Waals surface area contributed by atoms with E-state index in [2.05, 4.69) is 0 Å². The Morgan fingerprint density at radius 2 is 2.00 bits per heavy atom. The number of piperidine rings is 1. The Morgan fingerprint density at radius 1 is 1.27 bits per heavy atom. The fourth-order valence-corrected chi connectivity index (χ4v) is 4.38. The molecule has 7 heteroatoms. The second-order valence-electron chi connectivity index (χ2n) is 7.31. The van der Waals surface area contributed by atoms with Gasteiger partial charge < -0.3 is 14.9 Å².